The topological polar surface area (TPSA) is 78.8 Å². The molecule has 0 amide bonds. The number of allylic oxidation sites excluding steroid dienone is 4. The highest BCUT2D eigenvalue weighted by Gasteiger charge is 2.22. The number of fused-ring (bicyclic) bond motifs is 2. The second kappa shape index (κ2) is 15.8. The summed E-state index contributed by atoms with van der Waals surface area (Å²) in [5.41, 5.74) is 17.5. The minimum atomic E-state index is -0.323. The monoisotopic (exact) mass is 675 g/mol. The lowest BCUT2D eigenvalue weighted by Gasteiger charge is -2.24. The number of rotatable bonds is 13. The van der Waals surface area contributed by atoms with Crippen LogP contribution in [-0.2, 0) is 4.74 Å². The first kappa shape index (κ1) is 35.1. The maximum Gasteiger partial charge on any atom is 0.127 e. The first-order valence-electron chi connectivity index (χ1n) is 17.6. The molecule has 4 N–H and O–H groups in total. The molecule has 2 aliphatic heterocycles. The lowest BCUT2D eigenvalue weighted by Crippen LogP contribution is -2.23. The van der Waals surface area contributed by atoms with Crippen molar-refractivity contribution in [3.05, 3.63) is 119 Å². The van der Waals surface area contributed by atoms with Gasteiger partial charge in [0.25, 0.3) is 0 Å². The largest absolute Gasteiger partial charge is 0.492 e. The van der Waals surface area contributed by atoms with E-state index in [0.29, 0.717) is 19.0 Å². The summed E-state index contributed by atoms with van der Waals surface area (Å²) in [4.78, 5) is 8.18. The number of hydrogen-bond donors (Lipinski definition) is 3. The summed E-state index contributed by atoms with van der Waals surface area (Å²) in [6.45, 7) is 12.1. The number of nitrogens with one attached hydrogen (secondary N) is 2. The van der Waals surface area contributed by atoms with Gasteiger partial charge in [-0.3, -0.25) is 4.90 Å². The summed E-state index contributed by atoms with van der Waals surface area (Å²) < 4.78 is 27.1. The molecule has 2 aliphatic rings. The Morgan fingerprint density at radius 3 is 2.56 bits per heavy atom. The molecule has 0 aliphatic carbocycles. The molecule has 7 nitrogen and oxygen atoms in total. The summed E-state index contributed by atoms with van der Waals surface area (Å²) in [6, 6.07) is 19.7. The summed E-state index contributed by atoms with van der Waals surface area (Å²) >= 11 is 0. The van der Waals surface area contributed by atoms with Crippen LogP contribution >= 0.6 is 0 Å². The van der Waals surface area contributed by atoms with Gasteiger partial charge in [-0.15, -0.1) is 0 Å². The van der Waals surface area contributed by atoms with Crippen LogP contribution in [0, 0.1) is 5.82 Å². The highest BCUT2D eigenvalue weighted by atomic mass is 19.1. The van der Waals surface area contributed by atoms with E-state index in [1.807, 2.05) is 43.3 Å². The van der Waals surface area contributed by atoms with Crippen molar-refractivity contribution in [2.24, 2.45) is 5.73 Å². The molecule has 50 heavy (non-hydrogen) atoms. The maximum absolute atomic E-state index is 14.9. The normalized spacial score (nSPS) is 15.4. The highest BCUT2D eigenvalue weighted by molar-refractivity contribution is 6.00. The molecule has 3 heterocycles. The molecular weight excluding hydrogens is 625 g/mol. The molecule has 0 saturated carbocycles. The van der Waals surface area contributed by atoms with E-state index in [-0.39, 0.29) is 5.82 Å². The first-order valence-corrected chi connectivity index (χ1v) is 17.6. The molecule has 0 unspecified atom stereocenters. The summed E-state index contributed by atoms with van der Waals surface area (Å²) in [5.74, 6) is 1.00. The van der Waals surface area contributed by atoms with Crippen molar-refractivity contribution in [3.63, 3.8) is 0 Å². The summed E-state index contributed by atoms with van der Waals surface area (Å²) in [6.07, 6.45) is 8.30. The van der Waals surface area contributed by atoms with Crippen LogP contribution in [0.3, 0.4) is 0 Å². The molecule has 1 aromatic heterocycles. The molecule has 0 spiro atoms. The number of likely N-dealkylation sites (N-methyl/N-ethyl adjacent to an activating group) is 1. The lowest BCUT2D eigenvalue weighted by molar-refractivity contribution is 0.180. The maximum atomic E-state index is 14.9. The van der Waals surface area contributed by atoms with Gasteiger partial charge in [-0.25, -0.2) is 4.39 Å². The van der Waals surface area contributed by atoms with Gasteiger partial charge in [0.1, 0.15) is 30.5 Å². The number of benzene rings is 3. The molecule has 1 fully saturated rings. The van der Waals surface area contributed by atoms with Crippen LogP contribution in [0.2, 0.25) is 0 Å². The van der Waals surface area contributed by atoms with E-state index in [0.717, 1.165) is 99.7 Å². The highest BCUT2D eigenvalue weighted by Crippen LogP contribution is 2.40. The van der Waals surface area contributed by atoms with E-state index in [4.69, 9.17) is 15.2 Å². The fourth-order valence-corrected chi connectivity index (χ4v) is 6.78. The first-order chi connectivity index (χ1) is 24.2. The number of likely N-dealkylation sites (tertiary alicyclic amines) is 1. The number of nitrogens with two attached hydrogens (primary N) is 1. The Labute approximate surface area is 295 Å². The number of halogens is 1. The third-order valence-corrected chi connectivity index (χ3v) is 9.30. The van der Waals surface area contributed by atoms with E-state index >= 15 is 0 Å². The molecule has 0 bridgehead atoms. The van der Waals surface area contributed by atoms with E-state index in [1.54, 1.807) is 12.3 Å². The Morgan fingerprint density at radius 2 is 1.80 bits per heavy atom. The third-order valence-electron chi connectivity index (χ3n) is 9.30. The zero-order valence-corrected chi connectivity index (χ0v) is 30.0. The van der Waals surface area contributed by atoms with Gasteiger partial charge in [0.05, 0.1) is 0 Å². The smallest absolute Gasteiger partial charge is 0.127 e. The molecule has 4 aromatic rings. The Balaban J connectivity index is 1.32. The van der Waals surface area contributed by atoms with Crippen LogP contribution in [0.1, 0.15) is 50.4 Å². The van der Waals surface area contributed by atoms with Gasteiger partial charge in [-0.1, -0.05) is 23.8 Å². The van der Waals surface area contributed by atoms with Crippen molar-refractivity contribution < 1.29 is 13.9 Å². The molecule has 0 radical (unpaired) electrons. The van der Waals surface area contributed by atoms with Crippen molar-refractivity contribution in [1.82, 2.24) is 14.8 Å². The van der Waals surface area contributed by atoms with E-state index < -0.39 is 0 Å². The molecular formula is C42H50FN5O2. The molecule has 6 rings (SSSR count). The van der Waals surface area contributed by atoms with Crippen molar-refractivity contribution in [2.45, 2.75) is 33.6 Å². The van der Waals surface area contributed by atoms with Crippen LogP contribution < -0.4 is 15.8 Å². The predicted molar refractivity (Wildman–Crippen MR) is 206 cm³/mol. The van der Waals surface area contributed by atoms with Crippen LogP contribution in [-0.4, -0.2) is 74.8 Å². The number of H-pyrrole nitrogens is 1. The van der Waals surface area contributed by atoms with Crippen LogP contribution in [0.15, 0.2) is 95.9 Å². The van der Waals surface area contributed by atoms with Crippen LogP contribution in [0.4, 0.5) is 10.1 Å². The predicted octanol–water partition coefficient (Wildman–Crippen LogP) is 8.42. The number of ether oxygens (including phenoxy) is 2. The SMILES string of the molecule is CC(C)=C/C(=C\C(=C/N)c1ccc2c(c1)C(c1cc3c(-c4cc(F)cc(OCCN(C)C)c4)cccc3[nH]1)=C(C)CN2)OCCN1CCCC1. The summed E-state index contributed by atoms with van der Waals surface area (Å²) in [5, 5.41) is 4.61. The Morgan fingerprint density at radius 1 is 0.980 bits per heavy atom. The van der Waals surface area contributed by atoms with Crippen LogP contribution in [0.25, 0.3) is 33.2 Å². The van der Waals surface area contributed by atoms with Crippen molar-refractivity contribution in [1.29, 1.82) is 0 Å². The molecule has 1 saturated heterocycles. The average Bonchev–Trinajstić information content (AvgIpc) is 3.76. The Bertz CT molecular complexity index is 1960. The second-order valence-corrected chi connectivity index (χ2v) is 13.8. The van der Waals surface area contributed by atoms with Gasteiger partial charge in [0.15, 0.2) is 0 Å². The van der Waals surface area contributed by atoms with Crippen molar-refractivity contribution in [2.75, 3.05) is 65.3 Å². The number of aromatic amines is 1. The minimum Gasteiger partial charge on any atom is -0.492 e. The average molecular weight is 676 g/mol. The molecule has 8 heteroatoms. The minimum absolute atomic E-state index is 0.323. The van der Waals surface area contributed by atoms with Crippen molar-refractivity contribution in [3.8, 4) is 16.9 Å². The molecule has 262 valence electrons. The lowest BCUT2D eigenvalue weighted by atomic mass is 9.90. The molecule has 3 aromatic carbocycles. The number of aromatic nitrogens is 1. The van der Waals surface area contributed by atoms with Gasteiger partial charge in [-0.05, 0) is 132 Å². The third kappa shape index (κ3) is 8.32. The van der Waals surface area contributed by atoms with Gasteiger partial charge in [-0.2, -0.15) is 0 Å². The fraction of sp³-hybridized carbons (Fsp3) is 0.333. The van der Waals surface area contributed by atoms with Gasteiger partial charge in [0.2, 0.25) is 0 Å². The quantitative estimate of drug-likeness (QED) is 0.0976. The second-order valence-electron chi connectivity index (χ2n) is 13.8. The Hall–Kier alpha value is -4.79. The standard InChI is InChI=1S/C42H50FN5O2/c1-28(2)19-34(50-18-16-48-13-6-7-14-48)22-32(26-44)30-11-12-39-38(23-30)42(29(3)27-45-39)41-25-37-36(9-8-10-40(37)46-41)31-20-33(43)24-35(21-31)49-17-15-47(4)5/h8-12,19-26,45-46H,6-7,13-18,27,44H2,1-5H3/b32-26+,34-22+. The van der Waals surface area contributed by atoms with Gasteiger partial charge in [0, 0.05) is 70.9 Å². The number of anilines is 1. The fourth-order valence-electron chi connectivity index (χ4n) is 6.78. The van der Waals surface area contributed by atoms with E-state index in [2.05, 4.69) is 72.4 Å². The zero-order chi connectivity index (χ0) is 35.2. The number of hydrogen-bond acceptors (Lipinski definition) is 6. The summed E-state index contributed by atoms with van der Waals surface area (Å²) in [7, 11) is 3.98. The zero-order valence-electron chi connectivity index (χ0n) is 30.0. The van der Waals surface area contributed by atoms with E-state index in [9.17, 15) is 4.39 Å². The van der Waals surface area contributed by atoms with Crippen LogP contribution in [0.5, 0.6) is 5.75 Å². The van der Waals surface area contributed by atoms with Gasteiger partial charge < -0.3 is 30.4 Å². The van der Waals surface area contributed by atoms with Crippen molar-refractivity contribution >= 4 is 27.7 Å². The number of nitrogens with zero attached hydrogens (tertiary/aromatic N) is 2. The Kier molecular flexibility index (Phi) is 11.1. The van der Waals surface area contributed by atoms with Gasteiger partial charge >= 0.3 is 0 Å². The molecule has 0 atom stereocenters. The van der Waals surface area contributed by atoms with E-state index in [1.165, 1.54) is 24.5 Å².